The second-order valence-electron chi connectivity index (χ2n) is 15.9. The van der Waals surface area contributed by atoms with E-state index >= 15 is 0 Å². The van der Waals surface area contributed by atoms with E-state index in [0.29, 0.717) is 17.5 Å². The minimum atomic E-state index is -0.230. The van der Waals surface area contributed by atoms with E-state index in [0.717, 1.165) is 67.2 Å². The molecule has 5 heteroatoms. The monoisotopic (exact) mass is 794 g/mol. The first kappa shape index (κ1) is 35.8. The first-order valence-corrected chi connectivity index (χ1v) is 21.1. The van der Waals surface area contributed by atoms with Crippen molar-refractivity contribution in [2.45, 2.75) is 12.0 Å². The summed E-state index contributed by atoms with van der Waals surface area (Å²) in [4.78, 5) is 15.6. The molecule has 0 saturated heterocycles. The Morgan fingerprint density at radius 1 is 0.403 bits per heavy atom. The second-order valence-corrected chi connectivity index (χ2v) is 15.9. The molecule has 292 valence electrons. The number of hydrogen-bond acceptors (Lipinski definition) is 4. The maximum absolute atomic E-state index is 7.05. The zero-order valence-electron chi connectivity index (χ0n) is 33.6. The number of para-hydroxylation sites is 1. The highest BCUT2D eigenvalue weighted by Crippen LogP contribution is 2.55. The smallest absolute Gasteiger partial charge is 0.164 e. The predicted octanol–water partition coefficient (Wildman–Crippen LogP) is 14.1. The molecular weight excluding hydrogens is 757 g/mol. The first-order valence-electron chi connectivity index (χ1n) is 21.1. The van der Waals surface area contributed by atoms with Gasteiger partial charge in [0, 0.05) is 44.8 Å². The molecular formula is C57H38N4O. The molecule has 10 aromatic rings. The highest BCUT2D eigenvalue weighted by molar-refractivity contribution is 5.92. The molecule has 1 aliphatic carbocycles. The van der Waals surface area contributed by atoms with Gasteiger partial charge in [0.05, 0.1) is 11.2 Å². The Morgan fingerprint density at radius 2 is 0.903 bits per heavy atom. The van der Waals surface area contributed by atoms with Gasteiger partial charge >= 0.3 is 0 Å². The van der Waals surface area contributed by atoms with Gasteiger partial charge in [0.1, 0.15) is 11.9 Å². The van der Waals surface area contributed by atoms with Crippen LogP contribution in [0.4, 0.5) is 0 Å². The summed E-state index contributed by atoms with van der Waals surface area (Å²) < 4.78 is 9.44. The molecule has 0 radical (unpaired) electrons. The summed E-state index contributed by atoms with van der Waals surface area (Å²) in [7, 11) is 0. The van der Waals surface area contributed by atoms with Gasteiger partial charge in [0.15, 0.2) is 17.5 Å². The van der Waals surface area contributed by atoms with Crippen LogP contribution in [0.5, 0.6) is 5.75 Å². The lowest BCUT2D eigenvalue weighted by molar-refractivity contribution is 0.224. The van der Waals surface area contributed by atoms with Crippen LogP contribution in [-0.2, 0) is 0 Å². The molecule has 0 amide bonds. The summed E-state index contributed by atoms with van der Waals surface area (Å²) >= 11 is 0. The molecule has 5 nitrogen and oxygen atoms in total. The molecule has 8 aromatic carbocycles. The van der Waals surface area contributed by atoms with Gasteiger partial charge in [-0.2, -0.15) is 0 Å². The van der Waals surface area contributed by atoms with Crippen molar-refractivity contribution in [3.63, 3.8) is 0 Å². The number of ether oxygens (including phenoxy) is 1. The molecule has 0 bridgehead atoms. The van der Waals surface area contributed by atoms with Gasteiger partial charge < -0.3 is 9.30 Å². The SMILES string of the molecule is C1=CC2c3c(cccc3-c3nc(-c4ccc(-c5ccccc5)cc4)nc(-c4ccc(-c5ccccc5)cc4)n3)OC2c2c1n(-c1cccc(-c3ccccc3)c1)c1ccccc21. The molecule has 62 heavy (non-hydrogen) atoms. The van der Waals surface area contributed by atoms with Crippen LogP contribution in [-0.4, -0.2) is 19.5 Å². The Hall–Kier alpha value is -8.15. The number of rotatable bonds is 7. The average Bonchev–Trinajstić information content (AvgIpc) is 3.91. The molecule has 2 aromatic heterocycles. The first-order chi connectivity index (χ1) is 30.7. The standard InChI is InChI=1S/C57H38N4O/c1-4-14-37(15-5-1)40-26-30-42(31-27-40)55-58-56(43-32-28-41(29-33-43)38-16-6-2-7-17-38)60-57(59-55)48-23-13-25-51-52(48)47-34-35-50-53(54(47)62-51)46-22-10-11-24-49(46)61(50)45-21-12-20-44(36-45)39-18-8-3-9-19-39/h1-36,47,54H. The van der Waals surface area contributed by atoms with Gasteiger partial charge in [-0.15, -0.1) is 0 Å². The third-order valence-electron chi connectivity index (χ3n) is 12.3. The summed E-state index contributed by atoms with van der Waals surface area (Å²) in [6.45, 7) is 0. The van der Waals surface area contributed by atoms with Gasteiger partial charge in [-0.25, -0.2) is 15.0 Å². The van der Waals surface area contributed by atoms with Crippen LogP contribution in [0.15, 0.2) is 212 Å². The van der Waals surface area contributed by atoms with E-state index in [2.05, 4.69) is 211 Å². The van der Waals surface area contributed by atoms with E-state index in [4.69, 9.17) is 19.7 Å². The quantitative estimate of drug-likeness (QED) is 0.161. The maximum Gasteiger partial charge on any atom is 0.164 e. The van der Waals surface area contributed by atoms with Crippen molar-refractivity contribution < 1.29 is 4.74 Å². The molecule has 12 rings (SSSR count). The summed E-state index contributed by atoms with van der Waals surface area (Å²) in [5.74, 6) is 2.65. The molecule has 0 saturated carbocycles. The zero-order chi connectivity index (χ0) is 41.0. The average molecular weight is 795 g/mol. The van der Waals surface area contributed by atoms with Crippen LogP contribution in [0.3, 0.4) is 0 Å². The Bertz CT molecular complexity index is 3200. The van der Waals surface area contributed by atoms with Crippen LogP contribution in [0.1, 0.15) is 28.8 Å². The molecule has 2 atom stereocenters. The van der Waals surface area contributed by atoms with Gasteiger partial charge in [0.25, 0.3) is 0 Å². The molecule has 1 aliphatic heterocycles. The molecule has 0 N–H and O–H groups in total. The van der Waals surface area contributed by atoms with E-state index < -0.39 is 0 Å². The van der Waals surface area contributed by atoms with Gasteiger partial charge in [-0.3, -0.25) is 0 Å². The van der Waals surface area contributed by atoms with E-state index in [1.54, 1.807) is 0 Å². The van der Waals surface area contributed by atoms with Crippen molar-refractivity contribution in [2.75, 3.05) is 0 Å². The fourth-order valence-corrected chi connectivity index (χ4v) is 9.30. The van der Waals surface area contributed by atoms with E-state index in [1.807, 2.05) is 12.1 Å². The Balaban J connectivity index is 0.972. The van der Waals surface area contributed by atoms with E-state index in [1.165, 1.54) is 22.1 Å². The van der Waals surface area contributed by atoms with Crippen LogP contribution < -0.4 is 4.74 Å². The number of nitrogens with zero attached hydrogens (tertiary/aromatic N) is 4. The van der Waals surface area contributed by atoms with Crippen molar-refractivity contribution in [1.82, 2.24) is 19.5 Å². The summed E-state index contributed by atoms with van der Waals surface area (Å²) in [5.41, 5.74) is 15.4. The van der Waals surface area contributed by atoms with Crippen molar-refractivity contribution in [3.05, 3.63) is 229 Å². The van der Waals surface area contributed by atoms with E-state index in [-0.39, 0.29) is 12.0 Å². The molecule has 2 unspecified atom stereocenters. The molecule has 0 spiro atoms. The fourth-order valence-electron chi connectivity index (χ4n) is 9.30. The van der Waals surface area contributed by atoms with Gasteiger partial charge in [-0.1, -0.05) is 188 Å². The normalized spacial score (nSPS) is 14.8. The predicted molar refractivity (Wildman–Crippen MR) is 251 cm³/mol. The lowest BCUT2D eigenvalue weighted by Crippen LogP contribution is -2.14. The zero-order valence-corrected chi connectivity index (χ0v) is 33.6. The van der Waals surface area contributed by atoms with Crippen LogP contribution in [0.25, 0.3) is 90.2 Å². The van der Waals surface area contributed by atoms with E-state index in [9.17, 15) is 0 Å². The number of benzene rings is 8. The van der Waals surface area contributed by atoms with Crippen LogP contribution in [0.2, 0.25) is 0 Å². The third kappa shape index (κ3) is 6.13. The van der Waals surface area contributed by atoms with Crippen molar-refractivity contribution in [3.8, 4) is 79.0 Å². The third-order valence-corrected chi connectivity index (χ3v) is 12.3. The summed E-state index contributed by atoms with van der Waals surface area (Å²) in [6, 6.07) is 72.2. The minimum Gasteiger partial charge on any atom is -0.484 e. The van der Waals surface area contributed by atoms with Crippen LogP contribution >= 0.6 is 0 Å². The topological polar surface area (TPSA) is 52.8 Å². The molecule has 0 fully saturated rings. The number of aromatic nitrogens is 4. The lowest BCUT2D eigenvalue weighted by Gasteiger charge is -2.23. The summed E-state index contributed by atoms with van der Waals surface area (Å²) in [5, 5.41) is 1.18. The summed E-state index contributed by atoms with van der Waals surface area (Å²) in [6.07, 6.45) is 4.37. The van der Waals surface area contributed by atoms with Gasteiger partial charge in [0.2, 0.25) is 0 Å². The number of hydrogen-bond donors (Lipinski definition) is 0. The fraction of sp³-hybridized carbons (Fsp3) is 0.0351. The lowest BCUT2D eigenvalue weighted by atomic mass is 9.83. The largest absolute Gasteiger partial charge is 0.484 e. The highest BCUT2D eigenvalue weighted by Gasteiger charge is 2.42. The highest BCUT2D eigenvalue weighted by atomic mass is 16.5. The Kier molecular flexibility index (Phi) is 8.56. The number of fused-ring (bicyclic) bond motifs is 7. The molecule has 3 heterocycles. The van der Waals surface area contributed by atoms with Crippen molar-refractivity contribution in [2.24, 2.45) is 0 Å². The minimum absolute atomic E-state index is 0.0532. The Labute approximate surface area is 360 Å². The van der Waals surface area contributed by atoms with Crippen molar-refractivity contribution >= 4 is 17.0 Å². The molecule has 2 aliphatic rings. The maximum atomic E-state index is 7.05. The van der Waals surface area contributed by atoms with Crippen molar-refractivity contribution in [1.29, 1.82) is 0 Å². The Morgan fingerprint density at radius 3 is 1.53 bits per heavy atom. The van der Waals surface area contributed by atoms with Gasteiger partial charge in [-0.05, 0) is 63.7 Å². The second kappa shape index (κ2) is 14.8. The van der Waals surface area contributed by atoms with Crippen LogP contribution in [0, 0.1) is 0 Å².